The molecule has 2 rings (SSSR count). The zero-order chi connectivity index (χ0) is 14.5. The van der Waals surface area contributed by atoms with E-state index >= 15 is 0 Å². The topological polar surface area (TPSA) is 41.6 Å². The summed E-state index contributed by atoms with van der Waals surface area (Å²) in [6, 6.07) is 7.72. The van der Waals surface area contributed by atoms with Crippen molar-refractivity contribution in [3.05, 3.63) is 29.8 Å². The average molecular weight is 313 g/mol. The second kappa shape index (κ2) is 8.25. The van der Waals surface area contributed by atoms with Gasteiger partial charge in [0.2, 0.25) is 0 Å². The molecule has 1 aliphatic heterocycles. The minimum atomic E-state index is 0. The molecule has 1 aromatic carbocycles. The minimum Gasteiger partial charge on any atom is -0.491 e. The molecule has 0 aliphatic carbocycles. The lowest BCUT2D eigenvalue weighted by atomic mass is 10.1. The molecule has 21 heavy (non-hydrogen) atoms. The van der Waals surface area contributed by atoms with Crippen LogP contribution in [-0.4, -0.2) is 42.6 Å². The van der Waals surface area contributed by atoms with Gasteiger partial charge < -0.3 is 15.0 Å². The van der Waals surface area contributed by atoms with Crippen molar-refractivity contribution in [3.63, 3.8) is 0 Å². The molecule has 4 nitrogen and oxygen atoms in total. The number of hydrogen-bond donors (Lipinski definition) is 1. The zero-order valence-corrected chi connectivity index (χ0v) is 13.8. The van der Waals surface area contributed by atoms with Gasteiger partial charge >= 0.3 is 0 Å². The molecule has 1 amide bonds. The normalized spacial score (nSPS) is 19.6. The highest BCUT2D eigenvalue weighted by Crippen LogP contribution is 2.17. The first-order chi connectivity index (χ1) is 9.61. The van der Waals surface area contributed by atoms with Crippen LogP contribution in [0.15, 0.2) is 24.3 Å². The van der Waals surface area contributed by atoms with Gasteiger partial charge in [-0.15, -0.1) is 12.4 Å². The molecule has 0 spiro atoms. The molecule has 1 fully saturated rings. The number of halogens is 1. The lowest BCUT2D eigenvalue weighted by Gasteiger charge is -2.34. The summed E-state index contributed by atoms with van der Waals surface area (Å²) in [5.41, 5.74) is 0.732. The van der Waals surface area contributed by atoms with Gasteiger partial charge in [-0.05, 0) is 44.5 Å². The molecule has 0 aromatic heterocycles. The van der Waals surface area contributed by atoms with Crippen molar-refractivity contribution in [1.29, 1.82) is 0 Å². The number of rotatable bonds is 4. The third-order valence-electron chi connectivity index (χ3n) is 3.78. The molecule has 5 heteroatoms. The van der Waals surface area contributed by atoms with Gasteiger partial charge in [0.1, 0.15) is 5.75 Å². The van der Waals surface area contributed by atoms with Crippen LogP contribution < -0.4 is 10.1 Å². The summed E-state index contributed by atoms with van der Waals surface area (Å²) < 4.78 is 5.73. The lowest BCUT2D eigenvalue weighted by molar-refractivity contribution is 0.0655. The third-order valence-corrected chi connectivity index (χ3v) is 3.78. The monoisotopic (exact) mass is 312 g/mol. The Kier molecular flexibility index (Phi) is 6.99. The SMILES string of the molecule is CCC(C)Oc1ccc(C(=O)N2CCNC[C@H]2C)cc1.Cl. The van der Waals surface area contributed by atoms with E-state index in [0.29, 0.717) is 0 Å². The molecular weight excluding hydrogens is 288 g/mol. The fourth-order valence-corrected chi connectivity index (χ4v) is 2.30. The van der Waals surface area contributed by atoms with Crippen LogP contribution in [0.25, 0.3) is 0 Å². The molecule has 0 bridgehead atoms. The number of nitrogens with zero attached hydrogens (tertiary/aromatic N) is 1. The highest BCUT2D eigenvalue weighted by Gasteiger charge is 2.23. The molecule has 1 heterocycles. The van der Waals surface area contributed by atoms with Crippen molar-refractivity contribution < 1.29 is 9.53 Å². The first-order valence-corrected chi connectivity index (χ1v) is 7.40. The van der Waals surface area contributed by atoms with Crippen molar-refractivity contribution in [3.8, 4) is 5.75 Å². The molecule has 2 atom stereocenters. The minimum absolute atomic E-state index is 0. The van der Waals surface area contributed by atoms with Gasteiger partial charge in [-0.25, -0.2) is 0 Å². The van der Waals surface area contributed by atoms with E-state index in [9.17, 15) is 4.79 Å². The number of carbonyl (C=O) groups excluding carboxylic acids is 1. The summed E-state index contributed by atoms with van der Waals surface area (Å²) in [6.07, 6.45) is 1.17. The van der Waals surface area contributed by atoms with E-state index in [1.807, 2.05) is 36.1 Å². The van der Waals surface area contributed by atoms with Crippen LogP contribution in [0.3, 0.4) is 0 Å². The number of carbonyl (C=O) groups is 1. The molecule has 1 saturated heterocycles. The van der Waals surface area contributed by atoms with E-state index in [4.69, 9.17) is 4.74 Å². The van der Waals surface area contributed by atoms with E-state index in [-0.39, 0.29) is 30.5 Å². The summed E-state index contributed by atoms with van der Waals surface area (Å²) in [7, 11) is 0. The molecule has 1 aromatic rings. The maximum absolute atomic E-state index is 12.5. The van der Waals surface area contributed by atoms with E-state index in [0.717, 1.165) is 37.4 Å². The van der Waals surface area contributed by atoms with Crippen molar-refractivity contribution in [1.82, 2.24) is 10.2 Å². The van der Waals surface area contributed by atoms with Crippen molar-refractivity contribution in [2.75, 3.05) is 19.6 Å². The predicted octanol–water partition coefficient (Wildman–Crippen LogP) is 2.72. The predicted molar refractivity (Wildman–Crippen MR) is 87.4 cm³/mol. The number of nitrogens with one attached hydrogen (secondary N) is 1. The summed E-state index contributed by atoms with van der Waals surface area (Å²) in [4.78, 5) is 14.4. The van der Waals surface area contributed by atoms with Gasteiger partial charge in [-0.3, -0.25) is 4.79 Å². The van der Waals surface area contributed by atoms with Crippen LogP contribution in [0.5, 0.6) is 5.75 Å². The summed E-state index contributed by atoms with van der Waals surface area (Å²) in [6.45, 7) is 8.71. The Balaban J connectivity index is 0.00000220. The Bertz CT molecular complexity index is 450. The molecule has 1 aliphatic rings. The third kappa shape index (κ3) is 4.61. The standard InChI is InChI=1S/C16H24N2O2.ClH/c1-4-13(3)20-15-7-5-14(6-8-15)16(19)18-10-9-17-11-12(18)2;/h5-8,12-13,17H,4,9-11H2,1-3H3;1H/t12-,13?;/m1./s1. The van der Waals surface area contributed by atoms with E-state index in [1.165, 1.54) is 0 Å². The number of benzene rings is 1. The van der Waals surface area contributed by atoms with Crippen LogP contribution in [0, 0.1) is 0 Å². The summed E-state index contributed by atoms with van der Waals surface area (Å²) >= 11 is 0. The van der Waals surface area contributed by atoms with E-state index in [1.54, 1.807) is 0 Å². The average Bonchev–Trinajstić information content (AvgIpc) is 2.47. The summed E-state index contributed by atoms with van der Waals surface area (Å²) in [5, 5.41) is 3.29. The van der Waals surface area contributed by atoms with Crippen LogP contribution in [0.2, 0.25) is 0 Å². The smallest absolute Gasteiger partial charge is 0.254 e. The molecule has 118 valence electrons. The van der Waals surface area contributed by atoms with E-state index in [2.05, 4.69) is 19.2 Å². The quantitative estimate of drug-likeness (QED) is 0.929. The Hall–Kier alpha value is -1.26. The number of ether oxygens (including phenoxy) is 1. The number of amides is 1. The highest BCUT2D eigenvalue weighted by atomic mass is 35.5. The van der Waals surface area contributed by atoms with Crippen molar-refractivity contribution >= 4 is 18.3 Å². The molecule has 1 N–H and O–H groups in total. The first-order valence-electron chi connectivity index (χ1n) is 7.40. The van der Waals surface area contributed by atoms with Crippen LogP contribution in [-0.2, 0) is 0 Å². The Labute approximate surface area is 133 Å². The fraction of sp³-hybridized carbons (Fsp3) is 0.562. The zero-order valence-electron chi connectivity index (χ0n) is 13.0. The van der Waals surface area contributed by atoms with Crippen LogP contribution in [0.1, 0.15) is 37.6 Å². The molecular formula is C16H25ClN2O2. The maximum Gasteiger partial charge on any atom is 0.254 e. The second-order valence-electron chi connectivity index (χ2n) is 5.41. The lowest BCUT2D eigenvalue weighted by Crippen LogP contribution is -2.52. The summed E-state index contributed by atoms with van der Waals surface area (Å²) in [5.74, 6) is 0.929. The Morgan fingerprint density at radius 3 is 2.67 bits per heavy atom. The van der Waals surface area contributed by atoms with Crippen molar-refractivity contribution in [2.24, 2.45) is 0 Å². The van der Waals surface area contributed by atoms with Crippen LogP contribution in [0.4, 0.5) is 0 Å². The largest absolute Gasteiger partial charge is 0.491 e. The highest BCUT2D eigenvalue weighted by molar-refractivity contribution is 5.94. The molecule has 0 saturated carbocycles. The van der Waals surface area contributed by atoms with Gasteiger partial charge in [0, 0.05) is 31.2 Å². The van der Waals surface area contributed by atoms with E-state index < -0.39 is 0 Å². The fourth-order valence-electron chi connectivity index (χ4n) is 2.30. The van der Waals surface area contributed by atoms with Gasteiger partial charge in [-0.2, -0.15) is 0 Å². The first kappa shape index (κ1) is 17.8. The number of hydrogen-bond acceptors (Lipinski definition) is 3. The second-order valence-corrected chi connectivity index (χ2v) is 5.41. The molecule has 1 unspecified atom stereocenters. The Morgan fingerprint density at radius 1 is 1.43 bits per heavy atom. The van der Waals surface area contributed by atoms with Gasteiger partial charge in [0.15, 0.2) is 0 Å². The van der Waals surface area contributed by atoms with Gasteiger partial charge in [-0.1, -0.05) is 6.92 Å². The van der Waals surface area contributed by atoms with Gasteiger partial charge in [0.05, 0.1) is 6.10 Å². The Morgan fingerprint density at radius 2 is 2.10 bits per heavy atom. The molecule has 0 radical (unpaired) electrons. The van der Waals surface area contributed by atoms with Crippen LogP contribution >= 0.6 is 12.4 Å². The number of piperazine rings is 1. The maximum atomic E-state index is 12.5. The van der Waals surface area contributed by atoms with Crippen molar-refractivity contribution in [2.45, 2.75) is 39.3 Å². The van der Waals surface area contributed by atoms with Gasteiger partial charge in [0.25, 0.3) is 5.91 Å².